The lowest BCUT2D eigenvalue weighted by Crippen LogP contribution is -2.49. The summed E-state index contributed by atoms with van der Waals surface area (Å²) < 4.78 is 16.6. The summed E-state index contributed by atoms with van der Waals surface area (Å²) in [5.41, 5.74) is 1.57. The summed E-state index contributed by atoms with van der Waals surface area (Å²) >= 11 is 0. The van der Waals surface area contributed by atoms with Crippen molar-refractivity contribution in [2.75, 3.05) is 58.5 Å². The van der Waals surface area contributed by atoms with Gasteiger partial charge in [-0.1, -0.05) is 18.2 Å². The quantitative estimate of drug-likeness (QED) is 0.292. The Bertz CT molecular complexity index is 1220. The van der Waals surface area contributed by atoms with E-state index in [4.69, 9.17) is 14.2 Å². The largest absolute Gasteiger partial charge is 0.493 e. The van der Waals surface area contributed by atoms with Crippen LogP contribution in [0.15, 0.2) is 48.5 Å². The number of anilines is 1. The number of ether oxygens (including phenoxy) is 3. The number of benzene rings is 2. The highest BCUT2D eigenvalue weighted by Crippen LogP contribution is 2.37. The van der Waals surface area contributed by atoms with Crippen molar-refractivity contribution in [3.05, 3.63) is 54.1 Å². The molecule has 2 atom stereocenters. The number of carbonyl (C=O) groups excluding carboxylic acids is 2. The zero-order valence-electron chi connectivity index (χ0n) is 26.2. The van der Waals surface area contributed by atoms with Crippen molar-refractivity contribution in [2.45, 2.75) is 64.1 Å². The maximum atomic E-state index is 14.1. The van der Waals surface area contributed by atoms with Crippen LogP contribution in [0.4, 0.5) is 10.5 Å². The van der Waals surface area contributed by atoms with Gasteiger partial charge in [0.15, 0.2) is 11.5 Å². The molecule has 2 aromatic rings. The molecule has 5 rings (SSSR count). The second-order valence-corrected chi connectivity index (χ2v) is 12.4. The number of nitrogens with zero attached hydrogens (tertiary/aromatic N) is 3. The lowest BCUT2D eigenvalue weighted by Gasteiger charge is -2.36. The van der Waals surface area contributed by atoms with Gasteiger partial charge in [-0.15, -0.1) is 0 Å². The highest BCUT2D eigenvalue weighted by atomic mass is 16.5. The Morgan fingerprint density at radius 1 is 0.884 bits per heavy atom. The molecule has 2 aliphatic carbocycles. The van der Waals surface area contributed by atoms with Crippen molar-refractivity contribution < 1.29 is 23.8 Å². The monoisotopic (exact) mass is 592 g/mol. The van der Waals surface area contributed by atoms with Crippen molar-refractivity contribution in [2.24, 2.45) is 11.8 Å². The summed E-state index contributed by atoms with van der Waals surface area (Å²) in [5.74, 6) is 1.65. The summed E-state index contributed by atoms with van der Waals surface area (Å²) in [6.07, 6.45) is 4.99. The molecule has 9 nitrogen and oxygen atoms in total. The Balaban J connectivity index is 1.28. The predicted molar refractivity (Wildman–Crippen MR) is 168 cm³/mol. The van der Waals surface area contributed by atoms with E-state index in [1.54, 1.807) is 26.4 Å². The average molecular weight is 593 g/mol. The molecule has 2 aromatic carbocycles. The van der Waals surface area contributed by atoms with Crippen molar-refractivity contribution in [3.63, 3.8) is 0 Å². The van der Waals surface area contributed by atoms with Crippen LogP contribution in [0.25, 0.3) is 0 Å². The van der Waals surface area contributed by atoms with E-state index in [-0.39, 0.29) is 29.8 Å². The second kappa shape index (κ2) is 14.4. The Hall–Kier alpha value is -3.30. The van der Waals surface area contributed by atoms with Crippen LogP contribution in [0.1, 0.15) is 56.3 Å². The minimum absolute atomic E-state index is 0.0199. The first kappa shape index (κ1) is 31.1. The smallest absolute Gasteiger partial charge is 0.324 e. The standard InChI is InChI=1S/C34H48N4O5/c1-24(2)36(33(39)25-11-16-31(42-4)32(19-25)43-18-8-17-41-3)22-26-20-35-21-27(26)23-37(28-12-13-28)34(40)38(30-14-15-30)29-9-6-5-7-10-29/h5-7,9-11,16,19,24,26-28,30,35H,8,12-15,17-18,20-23H2,1-4H3/t26-,27-/m0/s1. The summed E-state index contributed by atoms with van der Waals surface area (Å²) in [7, 11) is 3.27. The number of amides is 3. The number of urea groups is 1. The van der Waals surface area contributed by atoms with Gasteiger partial charge in [-0.05, 0) is 81.7 Å². The fourth-order valence-corrected chi connectivity index (χ4v) is 6.03. The van der Waals surface area contributed by atoms with E-state index in [1.807, 2.05) is 46.2 Å². The van der Waals surface area contributed by atoms with Crippen LogP contribution in [-0.2, 0) is 4.74 Å². The molecule has 3 amide bonds. The molecule has 3 aliphatic rings. The van der Waals surface area contributed by atoms with Crippen molar-refractivity contribution in [1.29, 1.82) is 0 Å². The second-order valence-electron chi connectivity index (χ2n) is 12.4. The molecule has 0 unspecified atom stereocenters. The summed E-state index contributed by atoms with van der Waals surface area (Å²) in [6.45, 7) is 8.22. The van der Waals surface area contributed by atoms with Gasteiger partial charge in [-0.3, -0.25) is 9.69 Å². The normalized spacial score (nSPS) is 19.7. The third-order valence-corrected chi connectivity index (χ3v) is 8.77. The summed E-state index contributed by atoms with van der Waals surface area (Å²) in [6, 6.07) is 16.3. The lowest BCUT2D eigenvalue weighted by molar-refractivity contribution is 0.0653. The SMILES string of the molecule is COCCCOc1cc(C(=O)N(C[C@@H]2CNC[C@H]2CN(C(=O)N(c2ccccc2)C2CC2)C2CC2)C(C)C)ccc1OC. The Morgan fingerprint density at radius 2 is 1.58 bits per heavy atom. The fourth-order valence-electron chi connectivity index (χ4n) is 6.03. The number of hydrogen-bond donors (Lipinski definition) is 1. The van der Waals surface area contributed by atoms with Gasteiger partial charge in [-0.2, -0.15) is 0 Å². The minimum Gasteiger partial charge on any atom is -0.493 e. The van der Waals surface area contributed by atoms with Crippen molar-refractivity contribution >= 4 is 17.6 Å². The number of hydrogen-bond acceptors (Lipinski definition) is 6. The first-order chi connectivity index (χ1) is 20.9. The Labute approximate surface area is 256 Å². The number of nitrogens with one attached hydrogen (secondary N) is 1. The molecular weight excluding hydrogens is 544 g/mol. The maximum absolute atomic E-state index is 14.1. The van der Waals surface area contributed by atoms with E-state index >= 15 is 0 Å². The van der Waals surface area contributed by atoms with E-state index < -0.39 is 0 Å². The van der Waals surface area contributed by atoms with Crippen LogP contribution in [0, 0.1) is 11.8 Å². The molecule has 2 saturated carbocycles. The summed E-state index contributed by atoms with van der Waals surface area (Å²) in [5, 5.41) is 3.57. The molecule has 0 aromatic heterocycles. The molecule has 9 heteroatoms. The van der Waals surface area contributed by atoms with Gasteiger partial charge in [-0.25, -0.2) is 4.79 Å². The molecule has 0 bridgehead atoms. The zero-order chi connectivity index (χ0) is 30.3. The van der Waals surface area contributed by atoms with Gasteiger partial charge in [0.25, 0.3) is 5.91 Å². The van der Waals surface area contributed by atoms with E-state index in [1.165, 1.54) is 0 Å². The van der Waals surface area contributed by atoms with E-state index in [0.29, 0.717) is 55.4 Å². The van der Waals surface area contributed by atoms with Gasteiger partial charge < -0.3 is 29.3 Å². The van der Waals surface area contributed by atoms with Crippen LogP contribution in [0.2, 0.25) is 0 Å². The molecule has 43 heavy (non-hydrogen) atoms. The minimum atomic E-state index is -0.0239. The fraction of sp³-hybridized carbons (Fsp3) is 0.588. The zero-order valence-corrected chi connectivity index (χ0v) is 26.2. The first-order valence-corrected chi connectivity index (χ1v) is 15.9. The molecule has 0 spiro atoms. The molecule has 1 N–H and O–H groups in total. The maximum Gasteiger partial charge on any atom is 0.324 e. The molecule has 1 saturated heterocycles. The van der Waals surface area contributed by atoms with Crippen LogP contribution in [0.3, 0.4) is 0 Å². The van der Waals surface area contributed by atoms with E-state index in [0.717, 1.165) is 50.9 Å². The van der Waals surface area contributed by atoms with Gasteiger partial charge in [0.05, 0.1) is 13.7 Å². The highest BCUT2D eigenvalue weighted by molar-refractivity contribution is 5.95. The van der Waals surface area contributed by atoms with E-state index in [9.17, 15) is 9.59 Å². The van der Waals surface area contributed by atoms with Gasteiger partial charge in [0.2, 0.25) is 0 Å². The van der Waals surface area contributed by atoms with Crippen molar-refractivity contribution in [3.8, 4) is 11.5 Å². The average Bonchev–Trinajstić information content (AvgIpc) is 3.96. The third kappa shape index (κ3) is 7.81. The van der Waals surface area contributed by atoms with Crippen molar-refractivity contribution in [1.82, 2.24) is 15.1 Å². The topological polar surface area (TPSA) is 83.6 Å². The first-order valence-electron chi connectivity index (χ1n) is 15.9. The van der Waals surface area contributed by atoms with Crippen LogP contribution in [0.5, 0.6) is 11.5 Å². The Kier molecular flexibility index (Phi) is 10.5. The summed E-state index contributed by atoms with van der Waals surface area (Å²) in [4.78, 5) is 34.1. The lowest BCUT2D eigenvalue weighted by atomic mass is 9.94. The molecule has 0 radical (unpaired) electrons. The van der Waals surface area contributed by atoms with Crippen LogP contribution < -0.4 is 19.7 Å². The predicted octanol–water partition coefficient (Wildman–Crippen LogP) is 5.05. The van der Waals surface area contributed by atoms with Gasteiger partial charge in [0, 0.05) is 75.7 Å². The highest BCUT2D eigenvalue weighted by Gasteiger charge is 2.43. The van der Waals surface area contributed by atoms with Gasteiger partial charge in [0.1, 0.15) is 0 Å². The molecule has 3 fully saturated rings. The number of para-hydroxylation sites is 1. The molecular formula is C34H48N4O5. The third-order valence-electron chi connectivity index (χ3n) is 8.77. The molecule has 1 heterocycles. The van der Waals surface area contributed by atoms with E-state index in [2.05, 4.69) is 24.1 Å². The van der Waals surface area contributed by atoms with Gasteiger partial charge >= 0.3 is 6.03 Å². The Morgan fingerprint density at radius 3 is 2.21 bits per heavy atom. The molecule has 234 valence electrons. The van der Waals surface area contributed by atoms with Crippen LogP contribution >= 0.6 is 0 Å². The number of methoxy groups -OCH3 is 2. The number of rotatable bonds is 15. The number of carbonyl (C=O) groups is 2. The van der Waals surface area contributed by atoms with Crippen LogP contribution in [-0.4, -0.2) is 93.5 Å². The molecule has 1 aliphatic heterocycles.